The van der Waals surface area contributed by atoms with Crippen LogP contribution in [-0.2, 0) is 14.3 Å². The molecule has 3 nitrogen and oxygen atoms in total. The van der Waals surface area contributed by atoms with E-state index < -0.39 is 0 Å². The molecular formula is C10H18O3. The first kappa shape index (κ1) is 12.1. The Bertz CT molecular complexity index is 164. The van der Waals surface area contributed by atoms with E-state index in [2.05, 4.69) is 0 Å². The quantitative estimate of drug-likeness (QED) is 0.469. The monoisotopic (exact) mass is 186 g/mol. The number of aldehydes is 1. The summed E-state index contributed by atoms with van der Waals surface area (Å²) >= 11 is 0. The third kappa shape index (κ3) is 6.31. The summed E-state index contributed by atoms with van der Waals surface area (Å²) in [4.78, 5) is 21.6. The van der Waals surface area contributed by atoms with Crippen LogP contribution in [0, 0.1) is 11.8 Å². The summed E-state index contributed by atoms with van der Waals surface area (Å²) in [5, 5.41) is 0. The second kappa shape index (κ2) is 6.63. The summed E-state index contributed by atoms with van der Waals surface area (Å²) in [6.07, 6.45) is 1.81. The molecule has 0 fully saturated rings. The molecular weight excluding hydrogens is 168 g/mol. The van der Waals surface area contributed by atoms with Crippen LogP contribution in [0.15, 0.2) is 0 Å². The van der Waals surface area contributed by atoms with E-state index in [0.717, 1.165) is 12.7 Å². The van der Waals surface area contributed by atoms with Crippen molar-refractivity contribution in [3.05, 3.63) is 0 Å². The van der Waals surface area contributed by atoms with Gasteiger partial charge in [0.25, 0.3) is 0 Å². The summed E-state index contributed by atoms with van der Waals surface area (Å²) in [6, 6.07) is 0. The van der Waals surface area contributed by atoms with Crippen molar-refractivity contribution in [3.8, 4) is 0 Å². The first-order valence-electron chi connectivity index (χ1n) is 4.71. The third-order valence-electron chi connectivity index (χ3n) is 1.70. The number of hydrogen-bond acceptors (Lipinski definition) is 3. The Morgan fingerprint density at radius 2 is 2.08 bits per heavy atom. The molecule has 0 spiro atoms. The molecule has 0 aromatic heterocycles. The number of hydrogen-bond donors (Lipinski definition) is 0. The molecule has 0 amide bonds. The smallest absolute Gasteiger partial charge is 0.306 e. The zero-order valence-electron chi connectivity index (χ0n) is 8.58. The van der Waals surface area contributed by atoms with Crippen LogP contribution in [0.3, 0.4) is 0 Å². The van der Waals surface area contributed by atoms with Crippen molar-refractivity contribution in [1.29, 1.82) is 0 Å². The largest absolute Gasteiger partial charge is 0.466 e. The maximum absolute atomic E-state index is 11.0. The van der Waals surface area contributed by atoms with Crippen molar-refractivity contribution >= 4 is 12.3 Å². The van der Waals surface area contributed by atoms with Crippen molar-refractivity contribution < 1.29 is 14.3 Å². The van der Waals surface area contributed by atoms with Gasteiger partial charge in [0.1, 0.15) is 6.29 Å². The van der Waals surface area contributed by atoms with Gasteiger partial charge in [-0.2, -0.15) is 0 Å². The normalized spacial score (nSPS) is 12.6. The lowest BCUT2D eigenvalue weighted by atomic mass is 9.96. The maximum Gasteiger partial charge on any atom is 0.306 e. The zero-order chi connectivity index (χ0) is 10.3. The second-order valence-electron chi connectivity index (χ2n) is 3.53. The molecule has 13 heavy (non-hydrogen) atoms. The topological polar surface area (TPSA) is 43.4 Å². The van der Waals surface area contributed by atoms with E-state index in [4.69, 9.17) is 4.74 Å². The Morgan fingerprint density at radius 3 is 2.46 bits per heavy atom. The van der Waals surface area contributed by atoms with Crippen LogP contribution in [0.4, 0.5) is 0 Å². The van der Waals surface area contributed by atoms with Gasteiger partial charge in [-0.25, -0.2) is 0 Å². The van der Waals surface area contributed by atoms with E-state index in [9.17, 15) is 9.59 Å². The Morgan fingerprint density at radius 1 is 1.46 bits per heavy atom. The summed E-state index contributed by atoms with van der Waals surface area (Å²) in [6.45, 7) is 6.20. The minimum absolute atomic E-state index is 0.181. The van der Waals surface area contributed by atoms with Crippen molar-refractivity contribution in [2.24, 2.45) is 11.8 Å². The van der Waals surface area contributed by atoms with Crippen molar-refractivity contribution in [1.82, 2.24) is 0 Å². The molecule has 0 rings (SSSR count). The minimum Gasteiger partial charge on any atom is -0.466 e. The van der Waals surface area contributed by atoms with E-state index in [0.29, 0.717) is 12.5 Å². The molecule has 0 radical (unpaired) electrons. The van der Waals surface area contributed by atoms with E-state index in [-0.39, 0.29) is 18.3 Å². The van der Waals surface area contributed by atoms with Gasteiger partial charge in [0.05, 0.1) is 13.0 Å². The van der Waals surface area contributed by atoms with E-state index in [1.807, 2.05) is 13.8 Å². The van der Waals surface area contributed by atoms with Crippen LogP contribution < -0.4 is 0 Å². The number of esters is 1. The molecule has 3 heteroatoms. The maximum atomic E-state index is 11.0. The van der Waals surface area contributed by atoms with Gasteiger partial charge in [0.2, 0.25) is 0 Å². The Labute approximate surface area is 79.5 Å². The van der Waals surface area contributed by atoms with Gasteiger partial charge in [0.15, 0.2) is 0 Å². The number of rotatable bonds is 6. The molecule has 0 saturated heterocycles. The first-order chi connectivity index (χ1) is 6.10. The van der Waals surface area contributed by atoms with Crippen LogP contribution in [0.2, 0.25) is 0 Å². The molecule has 0 N–H and O–H groups in total. The van der Waals surface area contributed by atoms with Crippen molar-refractivity contribution in [2.45, 2.75) is 33.6 Å². The van der Waals surface area contributed by atoms with Crippen molar-refractivity contribution in [2.75, 3.05) is 6.61 Å². The Hall–Kier alpha value is -0.860. The van der Waals surface area contributed by atoms with Crippen LogP contribution in [0.1, 0.15) is 33.6 Å². The fourth-order valence-corrected chi connectivity index (χ4v) is 1.23. The number of carbonyl (C=O) groups is 2. The average molecular weight is 186 g/mol. The highest BCUT2D eigenvalue weighted by Crippen LogP contribution is 2.13. The molecule has 0 bridgehead atoms. The minimum atomic E-state index is -0.278. The van der Waals surface area contributed by atoms with Gasteiger partial charge in [-0.05, 0) is 19.3 Å². The zero-order valence-corrected chi connectivity index (χ0v) is 8.58. The SMILES string of the molecule is CCOC(=O)CC(C=O)CC(C)C. The van der Waals surface area contributed by atoms with Crippen molar-refractivity contribution in [3.63, 3.8) is 0 Å². The predicted octanol–water partition coefficient (Wildman–Crippen LogP) is 1.80. The molecule has 0 aliphatic heterocycles. The van der Waals surface area contributed by atoms with Gasteiger partial charge in [0, 0.05) is 5.92 Å². The average Bonchev–Trinajstić information content (AvgIpc) is 2.02. The Kier molecular flexibility index (Phi) is 6.20. The van der Waals surface area contributed by atoms with Gasteiger partial charge in [-0.15, -0.1) is 0 Å². The summed E-state index contributed by atoms with van der Waals surface area (Å²) in [5.41, 5.74) is 0. The van der Waals surface area contributed by atoms with E-state index in [1.165, 1.54) is 0 Å². The molecule has 0 saturated carbocycles. The van der Waals surface area contributed by atoms with Gasteiger partial charge in [-0.1, -0.05) is 13.8 Å². The fraction of sp³-hybridized carbons (Fsp3) is 0.800. The van der Waals surface area contributed by atoms with E-state index in [1.54, 1.807) is 6.92 Å². The number of ether oxygens (including phenoxy) is 1. The van der Waals surface area contributed by atoms with Crippen LogP contribution in [-0.4, -0.2) is 18.9 Å². The highest BCUT2D eigenvalue weighted by atomic mass is 16.5. The van der Waals surface area contributed by atoms with Crippen LogP contribution >= 0.6 is 0 Å². The Balaban J connectivity index is 3.83. The standard InChI is InChI=1S/C10H18O3/c1-4-13-10(12)6-9(7-11)5-8(2)3/h7-9H,4-6H2,1-3H3. The molecule has 1 atom stereocenters. The molecule has 0 aromatic carbocycles. The van der Waals surface area contributed by atoms with Gasteiger partial charge in [-0.3, -0.25) is 4.79 Å². The summed E-state index contributed by atoms with van der Waals surface area (Å²) in [5.74, 6) is -0.0241. The summed E-state index contributed by atoms with van der Waals surface area (Å²) in [7, 11) is 0. The molecule has 0 heterocycles. The highest BCUT2D eigenvalue weighted by Gasteiger charge is 2.14. The lowest BCUT2D eigenvalue weighted by Gasteiger charge is -2.11. The fourth-order valence-electron chi connectivity index (χ4n) is 1.23. The van der Waals surface area contributed by atoms with Crippen LogP contribution in [0.25, 0.3) is 0 Å². The second-order valence-corrected chi connectivity index (χ2v) is 3.53. The van der Waals surface area contributed by atoms with Gasteiger partial charge >= 0.3 is 5.97 Å². The lowest BCUT2D eigenvalue weighted by Crippen LogP contribution is -2.14. The lowest BCUT2D eigenvalue weighted by molar-refractivity contribution is -0.145. The number of carbonyl (C=O) groups excluding carboxylic acids is 2. The molecule has 0 aliphatic carbocycles. The summed E-state index contributed by atoms with van der Waals surface area (Å²) < 4.78 is 4.76. The first-order valence-corrected chi connectivity index (χ1v) is 4.71. The van der Waals surface area contributed by atoms with Crippen LogP contribution in [0.5, 0.6) is 0 Å². The molecule has 0 aliphatic rings. The molecule has 76 valence electrons. The molecule has 0 aromatic rings. The highest BCUT2D eigenvalue weighted by molar-refractivity contribution is 5.73. The third-order valence-corrected chi connectivity index (χ3v) is 1.70. The predicted molar refractivity (Wildman–Crippen MR) is 50.3 cm³/mol. The van der Waals surface area contributed by atoms with Gasteiger partial charge < -0.3 is 9.53 Å². The van der Waals surface area contributed by atoms with E-state index >= 15 is 0 Å². The molecule has 1 unspecified atom stereocenters.